The van der Waals surface area contributed by atoms with Gasteiger partial charge in [0.1, 0.15) is 0 Å². The molecule has 0 spiro atoms. The molecule has 0 bridgehead atoms. The van der Waals surface area contributed by atoms with Gasteiger partial charge in [-0.25, -0.2) is 0 Å². The molecule has 1 rings (SSSR count). The summed E-state index contributed by atoms with van der Waals surface area (Å²) in [4.78, 5) is 0. The first-order valence-corrected chi connectivity index (χ1v) is 6.60. The van der Waals surface area contributed by atoms with Gasteiger partial charge in [-0.3, -0.25) is 0 Å². The highest BCUT2D eigenvalue weighted by Gasteiger charge is 2.25. The maximum absolute atomic E-state index is 2.44. The van der Waals surface area contributed by atoms with Gasteiger partial charge in [-0.05, 0) is 12.8 Å². The second kappa shape index (κ2) is 8.41. The maximum atomic E-state index is 2.44. The average Bonchev–Trinajstić information content (AvgIpc) is 2.59. The third kappa shape index (κ3) is 6.42. The number of nitrogens with zero attached hydrogens (tertiary/aromatic N) is 1. The van der Waals surface area contributed by atoms with E-state index in [0.29, 0.717) is 0 Å². The quantitative estimate of drug-likeness (QED) is 0.446. The number of rotatable bonds is 7. The molecule has 0 N–H and O–H groups in total. The molecule has 0 amide bonds. The Bertz CT molecular complexity index is 141. The van der Waals surface area contributed by atoms with Crippen LogP contribution >= 0.6 is 0 Å². The summed E-state index contributed by atoms with van der Waals surface area (Å²) < 4.78 is 1.37. The molecule has 0 aromatic rings. The molecule has 1 nitrogen and oxygen atoms in total. The molecule has 1 fully saturated rings. The lowest BCUT2D eigenvalue weighted by Crippen LogP contribution is -3.00. The summed E-state index contributed by atoms with van der Waals surface area (Å²) in [6.45, 7) is 6.60. The molecule has 0 aromatic heterocycles. The summed E-state index contributed by atoms with van der Waals surface area (Å²) in [5.41, 5.74) is 0. The summed E-state index contributed by atoms with van der Waals surface area (Å²) in [5.74, 6) is 0. The number of hydrogen-bond acceptors (Lipinski definition) is 0. The minimum atomic E-state index is 0. The van der Waals surface area contributed by atoms with Gasteiger partial charge in [0.05, 0.1) is 26.7 Å². The first-order chi connectivity index (χ1) is 6.77. The van der Waals surface area contributed by atoms with Crippen LogP contribution in [0.1, 0.15) is 58.3 Å². The number of likely N-dealkylation sites (tertiary alicyclic amines) is 1. The summed E-state index contributed by atoms with van der Waals surface area (Å²) in [7, 11) is 2.44. The van der Waals surface area contributed by atoms with Gasteiger partial charge in [0.15, 0.2) is 0 Å². The Morgan fingerprint density at radius 3 is 2.00 bits per heavy atom. The zero-order valence-corrected chi connectivity index (χ0v) is 11.4. The van der Waals surface area contributed by atoms with Crippen molar-refractivity contribution < 1.29 is 16.9 Å². The Morgan fingerprint density at radius 1 is 0.867 bits per heavy atom. The lowest BCUT2D eigenvalue weighted by atomic mass is 10.1. The van der Waals surface area contributed by atoms with Crippen LogP contribution < -0.4 is 12.4 Å². The van der Waals surface area contributed by atoms with E-state index in [1.54, 1.807) is 0 Å². The monoisotopic (exact) mass is 233 g/mol. The third-order valence-electron chi connectivity index (χ3n) is 3.70. The predicted octanol–water partition coefficient (Wildman–Crippen LogP) is 0.591. The molecule has 1 aliphatic heterocycles. The van der Waals surface area contributed by atoms with Crippen molar-refractivity contribution in [2.24, 2.45) is 0 Å². The summed E-state index contributed by atoms with van der Waals surface area (Å²) >= 11 is 0. The second-order valence-electron chi connectivity index (χ2n) is 5.27. The second-order valence-corrected chi connectivity index (χ2v) is 5.27. The van der Waals surface area contributed by atoms with Crippen LogP contribution in [0.3, 0.4) is 0 Å². The molecule has 15 heavy (non-hydrogen) atoms. The molecule has 2 heteroatoms. The van der Waals surface area contributed by atoms with E-state index in [0.717, 1.165) is 0 Å². The van der Waals surface area contributed by atoms with Crippen molar-refractivity contribution in [1.82, 2.24) is 0 Å². The lowest BCUT2D eigenvalue weighted by Gasteiger charge is -2.29. The minimum absolute atomic E-state index is 0. The van der Waals surface area contributed by atoms with Crippen molar-refractivity contribution in [2.75, 3.05) is 26.7 Å². The van der Waals surface area contributed by atoms with Gasteiger partial charge < -0.3 is 16.9 Å². The Kier molecular flexibility index (Phi) is 8.55. The number of halogens is 1. The molecular weight excluding hydrogens is 206 g/mol. The molecule has 0 radical (unpaired) electrons. The van der Waals surface area contributed by atoms with Gasteiger partial charge >= 0.3 is 0 Å². The predicted molar refractivity (Wildman–Crippen MR) is 63.4 cm³/mol. The van der Waals surface area contributed by atoms with E-state index in [2.05, 4.69) is 14.0 Å². The van der Waals surface area contributed by atoms with Crippen LogP contribution in [-0.4, -0.2) is 31.2 Å². The highest BCUT2D eigenvalue weighted by Crippen LogP contribution is 2.17. The van der Waals surface area contributed by atoms with E-state index in [1.807, 2.05) is 0 Å². The van der Waals surface area contributed by atoms with Crippen molar-refractivity contribution in [3.05, 3.63) is 0 Å². The van der Waals surface area contributed by atoms with Gasteiger partial charge in [-0.15, -0.1) is 0 Å². The van der Waals surface area contributed by atoms with Gasteiger partial charge in [-0.2, -0.15) is 0 Å². The van der Waals surface area contributed by atoms with Crippen molar-refractivity contribution in [3.63, 3.8) is 0 Å². The molecule has 0 atom stereocenters. The van der Waals surface area contributed by atoms with Gasteiger partial charge in [-0.1, -0.05) is 32.6 Å². The molecule has 1 heterocycles. The zero-order valence-electron chi connectivity index (χ0n) is 10.6. The Morgan fingerprint density at radius 2 is 1.40 bits per heavy atom. The van der Waals surface area contributed by atoms with E-state index >= 15 is 0 Å². The first-order valence-electron chi connectivity index (χ1n) is 6.60. The maximum Gasteiger partial charge on any atom is 0.0786 e. The fraction of sp³-hybridized carbons (Fsp3) is 1.00. The van der Waals surface area contributed by atoms with E-state index in [4.69, 9.17) is 0 Å². The zero-order chi connectivity index (χ0) is 10.3. The van der Waals surface area contributed by atoms with Crippen molar-refractivity contribution >= 4 is 0 Å². The molecule has 1 saturated heterocycles. The molecule has 0 aliphatic carbocycles. The van der Waals surface area contributed by atoms with E-state index in [1.165, 1.54) is 75.5 Å². The smallest absolute Gasteiger partial charge is 0.0786 e. The molecular formula is C13H28ClN. The van der Waals surface area contributed by atoms with E-state index in [-0.39, 0.29) is 12.4 Å². The molecule has 92 valence electrons. The fourth-order valence-corrected chi connectivity index (χ4v) is 2.60. The molecule has 1 aliphatic rings. The van der Waals surface area contributed by atoms with Gasteiger partial charge in [0.2, 0.25) is 0 Å². The summed E-state index contributed by atoms with van der Waals surface area (Å²) in [6.07, 6.45) is 11.6. The van der Waals surface area contributed by atoms with Crippen molar-refractivity contribution in [3.8, 4) is 0 Å². The highest BCUT2D eigenvalue weighted by atomic mass is 35.5. The standard InChI is InChI=1S/C13H28N.ClH/c1-3-4-5-6-7-8-11-14(2)12-9-10-13-14;/h3-13H2,1-2H3;1H/q+1;/p-1. The van der Waals surface area contributed by atoms with E-state index in [9.17, 15) is 0 Å². The van der Waals surface area contributed by atoms with Crippen molar-refractivity contribution in [2.45, 2.75) is 58.3 Å². The van der Waals surface area contributed by atoms with Crippen molar-refractivity contribution in [1.29, 1.82) is 0 Å². The summed E-state index contributed by atoms with van der Waals surface area (Å²) in [5, 5.41) is 0. The van der Waals surface area contributed by atoms with Gasteiger partial charge in [0.25, 0.3) is 0 Å². The van der Waals surface area contributed by atoms with Crippen LogP contribution in [0.4, 0.5) is 0 Å². The SMILES string of the molecule is CCCCCCCC[N+]1(C)CCCC1.[Cl-]. The number of unbranched alkanes of at least 4 members (excludes halogenated alkanes) is 5. The van der Waals surface area contributed by atoms with Crippen LogP contribution in [0.15, 0.2) is 0 Å². The number of hydrogen-bond donors (Lipinski definition) is 0. The first kappa shape index (κ1) is 15.2. The topological polar surface area (TPSA) is 0 Å². The fourth-order valence-electron chi connectivity index (χ4n) is 2.60. The molecule has 0 unspecified atom stereocenters. The normalized spacial score (nSPS) is 18.8. The highest BCUT2D eigenvalue weighted by molar-refractivity contribution is 4.52. The number of quaternary nitrogens is 1. The van der Waals surface area contributed by atoms with Crippen LogP contribution in [0, 0.1) is 0 Å². The summed E-state index contributed by atoms with van der Waals surface area (Å²) in [6, 6.07) is 0. The van der Waals surface area contributed by atoms with E-state index < -0.39 is 0 Å². The Labute approximate surface area is 102 Å². The third-order valence-corrected chi connectivity index (χ3v) is 3.70. The minimum Gasteiger partial charge on any atom is -1.00 e. The van der Waals surface area contributed by atoms with Gasteiger partial charge in [0, 0.05) is 12.8 Å². The van der Waals surface area contributed by atoms with Crippen LogP contribution in [-0.2, 0) is 0 Å². The van der Waals surface area contributed by atoms with Crippen LogP contribution in [0.25, 0.3) is 0 Å². The molecule has 0 saturated carbocycles. The largest absolute Gasteiger partial charge is 1.00 e. The van der Waals surface area contributed by atoms with Crippen LogP contribution in [0.5, 0.6) is 0 Å². The Hall–Kier alpha value is 0.250. The molecule has 0 aromatic carbocycles. The Balaban J connectivity index is 0.00000196. The lowest BCUT2D eigenvalue weighted by molar-refractivity contribution is -0.897. The van der Waals surface area contributed by atoms with Crippen LogP contribution in [0.2, 0.25) is 0 Å². The average molecular weight is 234 g/mol.